The van der Waals surface area contributed by atoms with Crippen LogP contribution in [-0.4, -0.2) is 89.1 Å². The third kappa shape index (κ3) is 13.8. The average molecular weight is 621 g/mol. The highest BCUT2D eigenvalue weighted by Crippen LogP contribution is 2.09. The molecule has 0 saturated carbocycles. The van der Waals surface area contributed by atoms with E-state index in [-0.39, 0.29) is 50.0 Å². The minimum atomic E-state index is -1.49. The zero-order chi connectivity index (χ0) is 33.4. The van der Waals surface area contributed by atoms with Crippen LogP contribution in [0.1, 0.15) is 52.5 Å². The van der Waals surface area contributed by atoms with Gasteiger partial charge in [0.05, 0.1) is 12.6 Å². The number of aliphatic carboxylic acids is 1. The zero-order valence-corrected chi connectivity index (χ0v) is 25.8. The first-order chi connectivity index (χ1) is 20.7. The minimum Gasteiger partial charge on any atom is -0.480 e. The van der Waals surface area contributed by atoms with Gasteiger partial charge in [0.1, 0.15) is 24.2 Å². The van der Waals surface area contributed by atoms with Gasteiger partial charge in [0.25, 0.3) is 0 Å². The number of nitrogens with two attached hydrogens (primary N) is 3. The fraction of sp³-hybridized carbons (Fsp3) is 0.586. The fourth-order valence-corrected chi connectivity index (χ4v) is 4.11. The summed E-state index contributed by atoms with van der Waals surface area (Å²) in [4.78, 5) is 67.9. The Morgan fingerprint density at radius 1 is 0.795 bits per heavy atom. The maximum absolute atomic E-state index is 13.2. The van der Waals surface area contributed by atoms with Gasteiger partial charge in [0, 0.05) is 13.0 Å². The van der Waals surface area contributed by atoms with Crippen molar-refractivity contribution in [2.24, 2.45) is 34.0 Å². The van der Waals surface area contributed by atoms with Gasteiger partial charge in [0.15, 0.2) is 5.96 Å². The van der Waals surface area contributed by atoms with Crippen LogP contribution in [0.5, 0.6) is 0 Å². The fourth-order valence-electron chi connectivity index (χ4n) is 4.11. The molecule has 1 aromatic carbocycles. The van der Waals surface area contributed by atoms with Crippen molar-refractivity contribution < 1.29 is 34.2 Å². The molecule has 0 fully saturated rings. The number of carbonyl (C=O) groups excluding carboxylic acids is 4. The molecule has 0 unspecified atom stereocenters. The molecule has 15 heteroatoms. The predicted molar refractivity (Wildman–Crippen MR) is 165 cm³/mol. The van der Waals surface area contributed by atoms with Crippen molar-refractivity contribution in [3.63, 3.8) is 0 Å². The Bertz CT molecular complexity index is 1130. The standard InChI is InChI=1S/C29H48N8O7/c1-16(2)13-20(35-27(42)23(30)17(3)4)25(40)37-22(15-38)26(41)34-19(11-8-12-33-29(31)32)24(39)36-21(28(43)44)14-18-9-6-5-7-10-18/h5-7,9-10,16-17,19-23,38H,8,11-15,30H2,1-4H3,(H,34,41)(H,35,42)(H,36,39)(H,37,40)(H,43,44)(H4,31,32,33)/t19-,20-,21-,22-,23-/m0/s1. The number of guanidine groups is 1. The van der Waals surface area contributed by atoms with Crippen molar-refractivity contribution in [2.45, 2.75) is 83.6 Å². The lowest BCUT2D eigenvalue weighted by Gasteiger charge is -2.26. The van der Waals surface area contributed by atoms with Gasteiger partial charge in [-0.05, 0) is 36.7 Å². The molecule has 12 N–H and O–H groups in total. The Morgan fingerprint density at radius 2 is 1.32 bits per heavy atom. The largest absolute Gasteiger partial charge is 0.480 e. The van der Waals surface area contributed by atoms with Crippen LogP contribution in [0.25, 0.3) is 0 Å². The minimum absolute atomic E-state index is 0.00463. The number of nitrogens with one attached hydrogen (secondary N) is 4. The summed E-state index contributed by atoms with van der Waals surface area (Å²) in [6.45, 7) is 6.52. The SMILES string of the molecule is CC(C)C[C@H](NC(=O)[C@@H](N)C(C)C)C(=O)N[C@@H](CO)C(=O)N[C@@H](CCCN=C(N)N)C(=O)N[C@@H](Cc1ccccc1)C(=O)O. The Hall–Kier alpha value is -4.24. The first-order valence-corrected chi connectivity index (χ1v) is 14.6. The molecule has 0 aliphatic carbocycles. The van der Waals surface area contributed by atoms with E-state index in [4.69, 9.17) is 17.2 Å². The van der Waals surface area contributed by atoms with Gasteiger partial charge in [0.2, 0.25) is 23.6 Å². The number of aliphatic hydroxyl groups excluding tert-OH is 1. The van der Waals surface area contributed by atoms with Crippen LogP contribution < -0.4 is 38.5 Å². The van der Waals surface area contributed by atoms with Crippen LogP contribution in [0.15, 0.2) is 35.3 Å². The van der Waals surface area contributed by atoms with Crippen molar-refractivity contribution in [1.82, 2.24) is 21.3 Å². The summed E-state index contributed by atoms with van der Waals surface area (Å²) in [5, 5.41) is 29.7. The van der Waals surface area contributed by atoms with Gasteiger partial charge in [-0.3, -0.25) is 24.2 Å². The number of aliphatic imine (C=N–C) groups is 1. The van der Waals surface area contributed by atoms with Crippen LogP contribution in [-0.2, 0) is 30.4 Å². The molecule has 1 aromatic rings. The number of hydrogen-bond donors (Lipinski definition) is 9. The maximum Gasteiger partial charge on any atom is 0.326 e. The van der Waals surface area contributed by atoms with Crippen LogP contribution in [0.4, 0.5) is 0 Å². The summed E-state index contributed by atoms with van der Waals surface area (Å²) >= 11 is 0. The number of aliphatic hydroxyl groups is 1. The van der Waals surface area contributed by atoms with E-state index in [0.717, 1.165) is 0 Å². The third-order valence-electron chi connectivity index (χ3n) is 6.65. The van der Waals surface area contributed by atoms with E-state index in [9.17, 15) is 34.2 Å². The van der Waals surface area contributed by atoms with Gasteiger partial charge in [-0.1, -0.05) is 58.0 Å². The second-order valence-corrected chi connectivity index (χ2v) is 11.3. The molecule has 0 aliphatic rings. The van der Waals surface area contributed by atoms with Crippen molar-refractivity contribution in [3.8, 4) is 0 Å². The Kier molecular flexibility index (Phi) is 16.4. The van der Waals surface area contributed by atoms with Crippen molar-refractivity contribution >= 4 is 35.6 Å². The summed E-state index contributed by atoms with van der Waals surface area (Å²) in [6.07, 6.45) is 0.476. The van der Waals surface area contributed by atoms with Gasteiger partial charge >= 0.3 is 5.97 Å². The number of benzene rings is 1. The third-order valence-corrected chi connectivity index (χ3v) is 6.65. The number of hydrogen-bond acceptors (Lipinski definition) is 8. The monoisotopic (exact) mass is 620 g/mol. The summed E-state index contributed by atoms with van der Waals surface area (Å²) in [7, 11) is 0. The van der Waals surface area contributed by atoms with Crippen molar-refractivity contribution in [3.05, 3.63) is 35.9 Å². The lowest BCUT2D eigenvalue weighted by atomic mass is 10.00. The number of carboxylic acids is 1. The molecule has 0 aromatic heterocycles. The predicted octanol–water partition coefficient (Wildman–Crippen LogP) is -1.67. The molecular weight excluding hydrogens is 572 g/mol. The summed E-state index contributed by atoms with van der Waals surface area (Å²) in [5.74, 6) is -4.58. The first-order valence-electron chi connectivity index (χ1n) is 14.6. The second kappa shape index (κ2) is 19.1. The summed E-state index contributed by atoms with van der Waals surface area (Å²) < 4.78 is 0. The van der Waals surface area contributed by atoms with Crippen LogP contribution in [0.3, 0.4) is 0 Å². The maximum atomic E-state index is 13.2. The van der Waals surface area contributed by atoms with E-state index in [1.165, 1.54) is 0 Å². The number of nitrogens with zero attached hydrogens (tertiary/aromatic N) is 1. The van der Waals surface area contributed by atoms with E-state index in [2.05, 4.69) is 26.3 Å². The van der Waals surface area contributed by atoms with Crippen molar-refractivity contribution in [1.29, 1.82) is 0 Å². The molecule has 0 saturated heterocycles. The highest BCUT2D eigenvalue weighted by Gasteiger charge is 2.32. The zero-order valence-electron chi connectivity index (χ0n) is 25.8. The van der Waals surface area contributed by atoms with E-state index in [0.29, 0.717) is 5.56 Å². The molecule has 15 nitrogen and oxygen atoms in total. The van der Waals surface area contributed by atoms with E-state index >= 15 is 0 Å². The van der Waals surface area contributed by atoms with Gasteiger partial charge in [-0.2, -0.15) is 0 Å². The van der Waals surface area contributed by atoms with E-state index < -0.39 is 66.4 Å². The average Bonchev–Trinajstić information content (AvgIpc) is 2.95. The first kappa shape index (κ1) is 37.8. The van der Waals surface area contributed by atoms with Gasteiger partial charge in [-0.25, -0.2) is 4.79 Å². The molecule has 0 aliphatic heterocycles. The van der Waals surface area contributed by atoms with Crippen LogP contribution in [0.2, 0.25) is 0 Å². The topological polar surface area (TPSA) is 264 Å². The summed E-state index contributed by atoms with van der Waals surface area (Å²) in [6, 6.07) is 2.75. The van der Waals surface area contributed by atoms with E-state index in [1.54, 1.807) is 44.2 Å². The van der Waals surface area contributed by atoms with Crippen LogP contribution >= 0.6 is 0 Å². The molecule has 1 rings (SSSR count). The normalized spacial score (nSPS) is 14.5. The molecule has 246 valence electrons. The molecule has 44 heavy (non-hydrogen) atoms. The smallest absolute Gasteiger partial charge is 0.326 e. The molecule has 0 heterocycles. The molecule has 0 bridgehead atoms. The quantitative estimate of drug-likeness (QED) is 0.0482. The number of amides is 4. The molecule has 0 spiro atoms. The molecule has 0 radical (unpaired) electrons. The highest BCUT2D eigenvalue weighted by atomic mass is 16.4. The number of rotatable bonds is 19. The lowest BCUT2D eigenvalue weighted by Crippen LogP contribution is -2.59. The number of carbonyl (C=O) groups is 5. The Morgan fingerprint density at radius 3 is 1.84 bits per heavy atom. The van der Waals surface area contributed by atoms with E-state index in [1.807, 2.05) is 13.8 Å². The van der Waals surface area contributed by atoms with Crippen molar-refractivity contribution in [2.75, 3.05) is 13.2 Å². The Balaban J connectivity index is 3.09. The van der Waals surface area contributed by atoms with Crippen LogP contribution in [0, 0.1) is 11.8 Å². The lowest BCUT2D eigenvalue weighted by molar-refractivity contribution is -0.142. The molecular formula is C29H48N8O7. The molecule has 4 amide bonds. The van der Waals surface area contributed by atoms with Gasteiger partial charge in [-0.15, -0.1) is 0 Å². The highest BCUT2D eigenvalue weighted by molar-refractivity contribution is 5.95. The Labute approximate surface area is 257 Å². The van der Waals surface area contributed by atoms with Gasteiger partial charge < -0.3 is 48.7 Å². The summed E-state index contributed by atoms with van der Waals surface area (Å²) in [5.41, 5.74) is 17.3. The molecule has 5 atom stereocenters. The second-order valence-electron chi connectivity index (χ2n) is 11.3. The number of carboxylic acid groups (broad SMARTS) is 1.